The van der Waals surface area contributed by atoms with E-state index in [9.17, 15) is 5.11 Å². The van der Waals surface area contributed by atoms with Crippen LogP contribution in [0.25, 0.3) is 10.9 Å². The number of aromatic amines is 1. The largest absolute Gasteiger partial charge is 0.387 e. The van der Waals surface area contributed by atoms with Gasteiger partial charge in [-0.25, -0.2) is 0 Å². The van der Waals surface area contributed by atoms with Crippen LogP contribution < -0.4 is 4.90 Å². The zero-order chi connectivity index (χ0) is 16.4. The van der Waals surface area contributed by atoms with Gasteiger partial charge in [0.05, 0.1) is 6.10 Å². The molecule has 0 spiro atoms. The molecule has 0 radical (unpaired) electrons. The summed E-state index contributed by atoms with van der Waals surface area (Å²) in [6, 6.07) is 18.7. The van der Waals surface area contributed by atoms with Crippen molar-refractivity contribution in [1.82, 2.24) is 9.88 Å². The Kier molecular flexibility index (Phi) is 4.24. The van der Waals surface area contributed by atoms with Gasteiger partial charge in [-0.05, 0) is 18.2 Å². The van der Waals surface area contributed by atoms with Gasteiger partial charge in [0.15, 0.2) is 0 Å². The van der Waals surface area contributed by atoms with Crippen LogP contribution in [0.5, 0.6) is 0 Å². The highest BCUT2D eigenvalue weighted by Crippen LogP contribution is 2.25. The minimum absolute atomic E-state index is 0.454. The second-order valence-corrected chi connectivity index (χ2v) is 6.43. The molecule has 0 saturated carbocycles. The van der Waals surface area contributed by atoms with Gasteiger partial charge in [0, 0.05) is 61.1 Å². The number of rotatable bonds is 4. The molecule has 0 unspecified atom stereocenters. The highest BCUT2D eigenvalue weighted by atomic mass is 16.3. The van der Waals surface area contributed by atoms with Crippen molar-refractivity contribution in [3.05, 3.63) is 66.4 Å². The molecule has 1 aromatic heterocycles. The summed E-state index contributed by atoms with van der Waals surface area (Å²) < 4.78 is 0. The maximum Gasteiger partial charge on any atom is 0.0937 e. The van der Waals surface area contributed by atoms with Crippen molar-refractivity contribution in [2.45, 2.75) is 6.10 Å². The highest BCUT2D eigenvalue weighted by Gasteiger charge is 2.21. The first-order valence-electron chi connectivity index (χ1n) is 8.58. The molecule has 0 aliphatic carbocycles. The van der Waals surface area contributed by atoms with E-state index in [4.69, 9.17) is 0 Å². The fourth-order valence-electron chi connectivity index (χ4n) is 3.54. The number of piperazine rings is 1. The zero-order valence-corrected chi connectivity index (χ0v) is 13.7. The van der Waals surface area contributed by atoms with Crippen LogP contribution in [0, 0.1) is 0 Å². The van der Waals surface area contributed by atoms with Gasteiger partial charge in [-0.3, -0.25) is 4.90 Å². The fourth-order valence-corrected chi connectivity index (χ4v) is 3.54. The van der Waals surface area contributed by atoms with Crippen LogP contribution in [0.3, 0.4) is 0 Å². The number of nitrogens with one attached hydrogen (secondary N) is 1. The van der Waals surface area contributed by atoms with E-state index in [0.717, 1.165) is 42.6 Å². The van der Waals surface area contributed by atoms with E-state index in [2.05, 4.69) is 51.2 Å². The van der Waals surface area contributed by atoms with Crippen molar-refractivity contribution in [2.24, 2.45) is 0 Å². The molecular formula is C20H23N3O. The van der Waals surface area contributed by atoms with Crippen LogP contribution in [-0.2, 0) is 0 Å². The molecule has 1 atom stereocenters. The highest BCUT2D eigenvalue weighted by molar-refractivity contribution is 5.83. The smallest absolute Gasteiger partial charge is 0.0937 e. The molecule has 2 aromatic carbocycles. The molecule has 1 saturated heterocycles. The lowest BCUT2D eigenvalue weighted by Crippen LogP contribution is -2.47. The van der Waals surface area contributed by atoms with E-state index in [1.54, 1.807) is 0 Å². The monoisotopic (exact) mass is 321 g/mol. The molecule has 4 nitrogen and oxygen atoms in total. The summed E-state index contributed by atoms with van der Waals surface area (Å²) in [4.78, 5) is 8.01. The molecule has 0 bridgehead atoms. The Morgan fingerprint density at radius 3 is 2.42 bits per heavy atom. The minimum Gasteiger partial charge on any atom is -0.387 e. The van der Waals surface area contributed by atoms with Crippen molar-refractivity contribution in [1.29, 1.82) is 0 Å². The third-order valence-corrected chi connectivity index (χ3v) is 4.91. The van der Waals surface area contributed by atoms with Crippen molar-refractivity contribution in [3.8, 4) is 0 Å². The number of aliphatic hydroxyl groups is 1. The van der Waals surface area contributed by atoms with Gasteiger partial charge in [0.2, 0.25) is 0 Å². The number of para-hydroxylation sites is 2. The van der Waals surface area contributed by atoms with Crippen LogP contribution >= 0.6 is 0 Å². The lowest BCUT2D eigenvalue weighted by Gasteiger charge is -2.36. The summed E-state index contributed by atoms with van der Waals surface area (Å²) >= 11 is 0. The normalized spacial score (nSPS) is 17.3. The van der Waals surface area contributed by atoms with Gasteiger partial charge in [-0.15, -0.1) is 0 Å². The summed E-state index contributed by atoms with van der Waals surface area (Å²) in [6.45, 7) is 4.66. The van der Waals surface area contributed by atoms with Crippen molar-refractivity contribution in [2.75, 3.05) is 37.6 Å². The van der Waals surface area contributed by atoms with Crippen LogP contribution in [0.4, 0.5) is 5.69 Å². The minimum atomic E-state index is -0.454. The predicted molar refractivity (Wildman–Crippen MR) is 98.4 cm³/mol. The molecule has 0 amide bonds. The molecular weight excluding hydrogens is 298 g/mol. The lowest BCUT2D eigenvalue weighted by atomic mass is 10.1. The summed E-state index contributed by atoms with van der Waals surface area (Å²) in [7, 11) is 0. The SMILES string of the molecule is O[C@@H](CN1CCN(c2ccccc2)CC1)c1c[nH]c2ccccc12. The summed E-state index contributed by atoms with van der Waals surface area (Å²) in [6.07, 6.45) is 1.49. The van der Waals surface area contributed by atoms with Crippen LogP contribution in [-0.4, -0.2) is 47.7 Å². The summed E-state index contributed by atoms with van der Waals surface area (Å²) in [5.41, 5.74) is 3.37. The number of β-amino-alcohol motifs (C(OH)–C–C–N with tert-alkyl or cyclic N) is 1. The van der Waals surface area contributed by atoms with Gasteiger partial charge < -0.3 is 15.0 Å². The molecule has 2 N–H and O–H groups in total. The average Bonchev–Trinajstić information content (AvgIpc) is 3.07. The van der Waals surface area contributed by atoms with E-state index >= 15 is 0 Å². The number of hydrogen-bond acceptors (Lipinski definition) is 3. The second kappa shape index (κ2) is 6.67. The van der Waals surface area contributed by atoms with E-state index in [0.29, 0.717) is 6.54 Å². The number of nitrogens with zero attached hydrogens (tertiary/aromatic N) is 2. The Bertz CT molecular complexity index is 791. The van der Waals surface area contributed by atoms with E-state index in [1.807, 2.05) is 24.4 Å². The maximum absolute atomic E-state index is 10.7. The Morgan fingerprint density at radius 2 is 1.62 bits per heavy atom. The number of aromatic nitrogens is 1. The number of H-pyrrole nitrogens is 1. The number of fused-ring (bicyclic) bond motifs is 1. The molecule has 2 heterocycles. The molecule has 4 rings (SSSR count). The van der Waals surface area contributed by atoms with Gasteiger partial charge in [-0.2, -0.15) is 0 Å². The van der Waals surface area contributed by atoms with Crippen LogP contribution in [0.15, 0.2) is 60.8 Å². The fraction of sp³-hybridized carbons (Fsp3) is 0.300. The third kappa shape index (κ3) is 3.03. The molecule has 124 valence electrons. The Balaban J connectivity index is 1.38. The molecule has 4 heteroatoms. The standard InChI is InChI=1S/C20H23N3O/c24-20(18-14-21-19-9-5-4-8-17(18)19)15-22-10-12-23(13-11-22)16-6-2-1-3-7-16/h1-9,14,20-21,24H,10-13,15H2/t20-/m0/s1. The molecule has 24 heavy (non-hydrogen) atoms. The molecule has 1 fully saturated rings. The first-order chi connectivity index (χ1) is 11.8. The lowest BCUT2D eigenvalue weighted by molar-refractivity contribution is 0.110. The predicted octanol–water partition coefficient (Wildman–Crippen LogP) is 3.02. The summed E-state index contributed by atoms with van der Waals surface area (Å²) in [5.74, 6) is 0. The second-order valence-electron chi connectivity index (χ2n) is 6.43. The number of aliphatic hydroxyl groups excluding tert-OH is 1. The van der Waals surface area contributed by atoms with Crippen molar-refractivity contribution >= 4 is 16.6 Å². The molecule has 1 aliphatic rings. The molecule has 1 aliphatic heterocycles. The summed E-state index contributed by atoms with van der Waals surface area (Å²) in [5, 5.41) is 11.8. The number of benzene rings is 2. The third-order valence-electron chi connectivity index (χ3n) is 4.91. The van der Waals surface area contributed by atoms with E-state index in [1.165, 1.54) is 5.69 Å². The van der Waals surface area contributed by atoms with Gasteiger partial charge in [0.25, 0.3) is 0 Å². The van der Waals surface area contributed by atoms with E-state index in [-0.39, 0.29) is 0 Å². The number of anilines is 1. The number of hydrogen-bond donors (Lipinski definition) is 2. The topological polar surface area (TPSA) is 42.5 Å². The maximum atomic E-state index is 10.7. The Labute approximate surface area is 142 Å². The van der Waals surface area contributed by atoms with Gasteiger partial charge >= 0.3 is 0 Å². The first kappa shape index (κ1) is 15.2. The quantitative estimate of drug-likeness (QED) is 0.776. The Morgan fingerprint density at radius 1 is 0.917 bits per heavy atom. The van der Waals surface area contributed by atoms with Crippen molar-refractivity contribution < 1.29 is 5.11 Å². The average molecular weight is 321 g/mol. The zero-order valence-electron chi connectivity index (χ0n) is 13.7. The van der Waals surface area contributed by atoms with Gasteiger partial charge in [0.1, 0.15) is 0 Å². The Hall–Kier alpha value is -2.30. The van der Waals surface area contributed by atoms with Gasteiger partial charge in [-0.1, -0.05) is 36.4 Å². The first-order valence-corrected chi connectivity index (χ1v) is 8.58. The van der Waals surface area contributed by atoms with Crippen molar-refractivity contribution in [3.63, 3.8) is 0 Å². The van der Waals surface area contributed by atoms with Crippen LogP contribution in [0.1, 0.15) is 11.7 Å². The molecule has 3 aromatic rings. The van der Waals surface area contributed by atoms with E-state index < -0.39 is 6.10 Å². The van der Waals surface area contributed by atoms with Crippen LogP contribution in [0.2, 0.25) is 0 Å².